The van der Waals surface area contributed by atoms with Gasteiger partial charge in [0.1, 0.15) is 5.75 Å². The third kappa shape index (κ3) is 5.54. The summed E-state index contributed by atoms with van der Waals surface area (Å²) < 4.78 is 5.82. The van der Waals surface area contributed by atoms with E-state index in [2.05, 4.69) is 51.2 Å². The van der Waals surface area contributed by atoms with E-state index in [1.54, 1.807) is 0 Å². The Bertz CT molecular complexity index is 349. The van der Waals surface area contributed by atoms with Crippen molar-refractivity contribution in [2.75, 3.05) is 13.2 Å². The van der Waals surface area contributed by atoms with Crippen LogP contribution in [0.2, 0.25) is 0 Å². The highest BCUT2D eigenvalue weighted by Gasteiger charge is 2.00. The SMILES string of the molecule is CC[C@H](C)NCCCCOc1cc(C)ccc1C. The summed E-state index contributed by atoms with van der Waals surface area (Å²) in [4.78, 5) is 0. The van der Waals surface area contributed by atoms with Crippen molar-refractivity contribution in [2.24, 2.45) is 0 Å². The number of benzene rings is 1. The summed E-state index contributed by atoms with van der Waals surface area (Å²) in [6, 6.07) is 6.99. The van der Waals surface area contributed by atoms with E-state index in [9.17, 15) is 0 Å². The molecular formula is C16H27NO. The number of aryl methyl sites for hydroxylation is 2. The Morgan fingerprint density at radius 2 is 2.00 bits per heavy atom. The number of unbranched alkanes of at least 4 members (excludes halogenated alkanes) is 1. The molecule has 1 rings (SSSR count). The highest BCUT2D eigenvalue weighted by Crippen LogP contribution is 2.19. The van der Waals surface area contributed by atoms with E-state index >= 15 is 0 Å². The standard InChI is InChI=1S/C16H27NO/c1-5-15(4)17-10-6-7-11-18-16-12-13(2)8-9-14(16)3/h8-9,12,15,17H,5-7,10-11H2,1-4H3/t15-/m0/s1. The number of ether oxygens (including phenoxy) is 1. The van der Waals surface area contributed by atoms with Crippen LogP contribution in [0.15, 0.2) is 18.2 Å². The molecule has 0 unspecified atom stereocenters. The average Bonchev–Trinajstić information content (AvgIpc) is 2.37. The lowest BCUT2D eigenvalue weighted by Crippen LogP contribution is -2.26. The highest BCUT2D eigenvalue weighted by atomic mass is 16.5. The zero-order valence-electron chi connectivity index (χ0n) is 12.3. The quantitative estimate of drug-likeness (QED) is 0.707. The summed E-state index contributed by atoms with van der Waals surface area (Å²) in [6.07, 6.45) is 3.48. The van der Waals surface area contributed by atoms with E-state index in [4.69, 9.17) is 4.74 Å². The lowest BCUT2D eigenvalue weighted by Gasteiger charge is -2.12. The maximum atomic E-state index is 5.82. The fourth-order valence-corrected chi connectivity index (χ4v) is 1.76. The summed E-state index contributed by atoms with van der Waals surface area (Å²) in [6.45, 7) is 10.5. The van der Waals surface area contributed by atoms with Gasteiger partial charge in [0.2, 0.25) is 0 Å². The maximum absolute atomic E-state index is 5.82. The van der Waals surface area contributed by atoms with Crippen LogP contribution in [0.5, 0.6) is 5.75 Å². The van der Waals surface area contributed by atoms with Crippen LogP contribution >= 0.6 is 0 Å². The van der Waals surface area contributed by atoms with Crippen molar-refractivity contribution in [1.82, 2.24) is 5.32 Å². The van der Waals surface area contributed by atoms with Crippen LogP contribution in [-0.4, -0.2) is 19.2 Å². The molecule has 0 heterocycles. The Balaban J connectivity index is 2.16. The van der Waals surface area contributed by atoms with Gasteiger partial charge in [-0.15, -0.1) is 0 Å². The molecule has 2 nitrogen and oxygen atoms in total. The van der Waals surface area contributed by atoms with Crippen molar-refractivity contribution in [3.05, 3.63) is 29.3 Å². The van der Waals surface area contributed by atoms with Crippen molar-refractivity contribution in [3.8, 4) is 5.75 Å². The van der Waals surface area contributed by atoms with E-state index in [-0.39, 0.29) is 0 Å². The topological polar surface area (TPSA) is 21.3 Å². The molecule has 1 N–H and O–H groups in total. The van der Waals surface area contributed by atoms with Crippen molar-refractivity contribution in [3.63, 3.8) is 0 Å². The normalized spacial score (nSPS) is 12.4. The first-order valence-electron chi connectivity index (χ1n) is 7.07. The summed E-state index contributed by atoms with van der Waals surface area (Å²) in [5.74, 6) is 1.03. The van der Waals surface area contributed by atoms with Gasteiger partial charge in [0, 0.05) is 6.04 Å². The van der Waals surface area contributed by atoms with Crippen LogP contribution in [-0.2, 0) is 0 Å². The van der Waals surface area contributed by atoms with Crippen LogP contribution in [0, 0.1) is 13.8 Å². The third-order valence-electron chi connectivity index (χ3n) is 3.28. The molecule has 1 aromatic rings. The summed E-state index contributed by atoms with van der Waals surface area (Å²) >= 11 is 0. The van der Waals surface area contributed by atoms with Gasteiger partial charge in [0.25, 0.3) is 0 Å². The van der Waals surface area contributed by atoms with Crippen LogP contribution in [0.1, 0.15) is 44.2 Å². The fraction of sp³-hybridized carbons (Fsp3) is 0.625. The minimum atomic E-state index is 0.630. The minimum Gasteiger partial charge on any atom is -0.493 e. The highest BCUT2D eigenvalue weighted by molar-refractivity contribution is 5.35. The van der Waals surface area contributed by atoms with Gasteiger partial charge in [0.05, 0.1) is 6.61 Å². The molecule has 1 atom stereocenters. The molecule has 0 saturated heterocycles. The largest absolute Gasteiger partial charge is 0.493 e. The molecule has 2 heteroatoms. The van der Waals surface area contributed by atoms with E-state index in [1.165, 1.54) is 24.0 Å². The molecule has 18 heavy (non-hydrogen) atoms. The van der Waals surface area contributed by atoms with Gasteiger partial charge < -0.3 is 10.1 Å². The molecule has 0 aliphatic heterocycles. The number of hydrogen-bond donors (Lipinski definition) is 1. The summed E-state index contributed by atoms with van der Waals surface area (Å²) in [5, 5.41) is 3.50. The van der Waals surface area contributed by atoms with Crippen molar-refractivity contribution in [1.29, 1.82) is 0 Å². The molecule has 0 fully saturated rings. The molecule has 0 aliphatic carbocycles. The van der Waals surface area contributed by atoms with Crippen LogP contribution in [0.4, 0.5) is 0 Å². The Hall–Kier alpha value is -1.02. The lowest BCUT2D eigenvalue weighted by atomic mass is 10.1. The number of hydrogen-bond acceptors (Lipinski definition) is 2. The van der Waals surface area contributed by atoms with Gasteiger partial charge in [0.15, 0.2) is 0 Å². The number of nitrogens with one attached hydrogen (secondary N) is 1. The first-order valence-corrected chi connectivity index (χ1v) is 7.07. The predicted molar refractivity (Wildman–Crippen MR) is 78.4 cm³/mol. The molecule has 0 bridgehead atoms. The van der Waals surface area contributed by atoms with Crippen molar-refractivity contribution >= 4 is 0 Å². The molecule has 102 valence electrons. The van der Waals surface area contributed by atoms with Crippen LogP contribution in [0.25, 0.3) is 0 Å². The first kappa shape index (κ1) is 15.0. The van der Waals surface area contributed by atoms with Gasteiger partial charge in [-0.05, 0) is 63.8 Å². The first-order chi connectivity index (χ1) is 8.63. The molecule has 0 aromatic heterocycles. The van der Waals surface area contributed by atoms with E-state index < -0.39 is 0 Å². The Kier molecular flexibility index (Phi) is 6.81. The van der Waals surface area contributed by atoms with E-state index in [0.29, 0.717) is 6.04 Å². The molecule has 0 aliphatic rings. The maximum Gasteiger partial charge on any atom is 0.122 e. The fourth-order valence-electron chi connectivity index (χ4n) is 1.76. The molecule has 0 amide bonds. The van der Waals surface area contributed by atoms with E-state index in [1.807, 2.05) is 0 Å². The van der Waals surface area contributed by atoms with Gasteiger partial charge in [-0.1, -0.05) is 19.1 Å². The third-order valence-corrected chi connectivity index (χ3v) is 3.28. The van der Waals surface area contributed by atoms with Gasteiger partial charge >= 0.3 is 0 Å². The smallest absolute Gasteiger partial charge is 0.122 e. The second kappa shape index (κ2) is 8.15. The number of rotatable bonds is 8. The monoisotopic (exact) mass is 249 g/mol. The summed E-state index contributed by atoms with van der Waals surface area (Å²) in [7, 11) is 0. The van der Waals surface area contributed by atoms with Gasteiger partial charge in [-0.25, -0.2) is 0 Å². The van der Waals surface area contributed by atoms with E-state index in [0.717, 1.165) is 25.3 Å². The molecule has 0 radical (unpaired) electrons. The zero-order valence-corrected chi connectivity index (χ0v) is 12.3. The van der Waals surface area contributed by atoms with Crippen LogP contribution in [0.3, 0.4) is 0 Å². The average molecular weight is 249 g/mol. The van der Waals surface area contributed by atoms with Crippen molar-refractivity contribution in [2.45, 2.75) is 53.0 Å². The summed E-state index contributed by atoms with van der Waals surface area (Å²) in [5.41, 5.74) is 2.48. The minimum absolute atomic E-state index is 0.630. The zero-order chi connectivity index (χ0) is 13.4. The molecular weight excluding hydrogens is 222 g/mol. The van der Waals surface area contributed by atoms with Gasteiger partial charge in [-0.3, -0.25) is 0 Å². The molecule has 0 spiro atoms. The predicted octanol–water partition coefficient (Wildman–Crippen LogP) is 3.85. The Morgan fingerprint density at radius 3 is 2.72 bits per heavy atom. The lowest BCUT2D eigenvalue weighted by molar-refractivity contribution is 0.302. The van der Waals surface area contributed by atoms with Crippen molar-refractivity contribution < 1.29 is 4.74 Å². The second-order valence-corrected chi connectivity index (χ2v) is 5.09. The second-order valence-electron chi connectivity index (χ2n) is 5.09. The molecule has 0 saturated carbocycles. The Labute approximate surface area is 112 Å². The van der Waals surface area contributed by atoms with Crippen LogP contribution < -0.4 is 10.1 Å². The molecule has 1 aromatic carbocycles. The Morgan fingerprint density at radius 1 is 1.22 bits per heavy atom. The van der Waals surface area contributed by atoms with Gasteiger partial charge in [-0.2, -0.15) is 0 Å².